The van der Waals surface area contributed by atoms with Crippen molar-refractivity contribution >= 4 is 0 Å². The molecule has 0 aromatic rings. The molecule has 107 valence electrons. The maximum atomic E-state index is 6.01. The van der Waals surface area contributed by atoms with E-state index in [1.807, 2.05) is 0 Å². The first kappa shape index (κ1) is 18.7. The zero-order valence-electron chi connectivity index (χ0n) is 13.5. The van der Waals surface area contributed by atoms with Gasteiger partial charge in [0, 0.05) is 22.4 Å². The minimum atomic E-state index is -0.0647. The van der Waals surface area contributed by atoms with Gasteiger partial charge in [-0.2, -0.15) is 0 Å². The third-order valence-corrected chi connectivity index (χ3v) is 6.57. The fourth-order valence-corrected chi connectivity index (χ4v) is 3.25. The molecular weight excluding hydrogens is 301 g/mol. The van der Waals surface area contributed by atoms with Gasteiger partial charge < -0.3 is 11.1 Å². The fourth-order valence-electron chi connectivity index (χ4n) is 3.25. The van der Waals surface area contributed by atoms with Crippen LogP contribution in [-0.4, -0.2) is 18.6 Å². The number of nitrogens with two attached hydrogens (primary N) is 1. The Hall–Kier alpha value is 0.660. The standard InChI is InChI=1S/C15H31N2.Nb/c1-11-9-17-15(8,12(2,3)10-16)14(6,7)13(11,4)5;/h11H,9-10,16H2,1-8H3;/q-1;. The first-order valence-corrected chi connectivity index (χ1v) is 6.83. The third-order valence-electron chi connectivity index (χ3n) is 6.57. The second-order valence-electron chi connectivity index (χ2n) is 7.75. The quantitative estimate of drug-likeness (QED) is 0.768. The van der Waals surface area contributed by atoms with Crippen LogP contribution in [0, 0.1) is 22.2 Å². The monoisotopic (exact) mass is 332 g/mol. The molecule has 1 heterocycles. The Kier molecular flexibility index (Phi) is 5.41. The van der Waals surface area contributed by atoms with Crippen molar-refractivity contribution in [2.75, 3.05) is 13.1 Å². The molecule has 1 rings (SSSR count). The van der Waals surface area contributed by atoms with Crippen LogP contribution in [-0.2, 0) is 22.4 Å². The first-order chi connectivity index (χ1) is 7.44. The molecule has 0 aromatic carbocycles. The molecule has 2 atom stereocenters. The number of nitrogens with zero attached hydrogens (tertiary/aromatic N) is 1. The van der Waals surface area contributed by atoms with Crippen molar-refractivity contribution in [1.29, 1.82) is 0 Å². The zero-order chi connectivity index (χ0) is 13.7. The van der Waals surface area contributed by atoms with Gasteiger partial charge in [-0.05, 0) is 22.8 Å². The molecule has 0 aliphatic carbocycles. The maximum Gasteiger partial charge on any atom is 0 e. The molecule has 3 heteroatoms. The number of hydrogen-bond acceptors (Lipinski definition) is 1. The van der Waals surface area contributed by atoms with Gasteiger partial charge >= 0.3 is 0 Å². The van der Waals surface area contributed by atoms with E-state index in [0.717, 1.165) is 6.54 Å². The Morgan fingerprint density at radius 1 is 1.17 bits per heavy atom. The van der Waals surface area contributed by atoms with Gasteiger partial charge in [0.1, 0.15) is 0 Å². The van der Waals surface area contributed by atoms with Crippen LogP contribution in [0.15, 0.2) is 0 Å². The topological polar surface area (TPSA) is 40.1 Å². The average Bonchev–Trinajstić information content (AvgIpc) is 2.22. The van der Waals surface area contributed by atoms with Gasteiger partial charge in [-0.15, -0.1) is 12.1 Å². The Balaban J connectivity index is 0.00000289. The van der Waals surface area contributed by atoms with Crippen LogP contribution in [0.25, 0.3) is 5.32 Å². The van der Waals surface area contributed by atoms with E-state index >= 15 is 0 Å². The number of hydrogen-bond donors (Lipinski definition) is 1. The number of rotatable bonds is 2. The number of piperidine rings is 1. The van der Waals surface area contributed by atoms with E-state index in [2.05, 4.69) is 55.4 Å². The van der Waals surface area contributed by atoms with E-state index in [4.69, 9.17) is 11.1 Å². The van der Waals surface area contributed by atoms with Gasteiger partial charge in [-0.1, -0.05) is 61.3 Å². The summed E-state index contributed by atoms with van der Waals surface area (Å²) in [6.45, 7) is 20.3. The smallest absolute Gasteiger partial charge is 0 e. The molecule has 0 amide bonds. The summed E-state index contributed by atoms with van der Waals surface area (Å²) in [5.74, 6) is 0.624. The van der Waals surface area contributed by atoms with E-state index in [1.54, 1.807) is 0 Å². The van der Waals surface area contributed by atoms with Crippen LogP contribution in [0.3, 0.4) is 0 Å². The molecule has 1 aliphatic rings. The summed E-state index contributed by atoms with van der Waals surface area (Å²) in [5.41, 5.74) is 6.39. The SMILES string of the molecule is CC1C[N-]C(C)(C(C)(C)CN)C(C)(C)C1(C)C.[Nb]. The predicted octanol–water partition coefficient (Wildman–Crippen LogP) is 3.80. The van der Waals surface area contributed by atoms with E-state index < -0.39 is 0 Å². The second kappa shape index (κ2) is 5.21. The zero-order valence-corrected chi connectivity index (χ0v) is 15.7. The first-order valence-electron chi connectivity index (χ1n) is 6.83. The summed E-state index contributed by atoms with van der Waals surface area (Å²) in [6, 6.07) is 0. The minimum Gasteiger partial charge on any atom is -0.656 e. The Bertz CT molecular complexity index is 297. The summed E-state index contributed by atoms with van der Waals surface area (Å²) in [6.07, 6.45) is 0. The predicted molar refractivity (Wildman–Crippen MR) is 76.2 cm³/mol. The van der Waals surface area contributed by atoms with Gasteiger partial charge in [0.15, 0.2) is 0 Å². The molecule has 0 spiro atoms. The van der Waals surface area contributed by atoms with Crippen LogP contribution >= 0.6 is 0 Å². The Morgan fingerprint density at radius 3 is 2.00 bits per heavy atom. The molecule has 0 bridgehead atoms. The molecular formula is C15H31N2Nb-. The molecule has 1 radical (unpaired) electrons. The molecule has 1 fully saturated rings. The van der Waals surface area contributed by atoms with Crippen molar-refractivity contribution in [3.8, 4) is 0 Å². The molecule has 1 aliphatic heterocycles. The average molecular weight is 332 g/mol. The van der Waals surface area contributed by atoms with Crippen molar-refractivity contribution in [2.24, 2.45) is 27.9 Å². The van der Waals surface area contributed by atoms with Gasteiger partial charge in [-0.3, -0.25) is 0 Å². The second-order valence-corrected chi connectivity index (χ2v) is 7.75. The van der Waals surface area contributed by atoms with E-state index in [-0.39, 0.29) is 44.2 Å². The van der Waals surface area contributed by atoms with Gasteiger partial charge in [0.05, 0.1) is 0 Å². The Morgan fingerprint density at radius 2 is 1.61 bits per heavy atom. The minimum absolute atomic E-state index is 0. The van der Waals surface area contributed by atoms with Crippen molar-refractivity contribution < 1.29 is 22.4 Å². The summed E-state index contributed by atoms with van der Waals surface area (Å²) >= 11 is 0. The van der Waals surface area contributed by atoms with E-state index in [1.165, 1.54) is 0 Å². The van der Waals surface area contributed by atoms with E-state index in [9.17, 15) is 0 Å². The van der Waals surface area contributed by atoms with Crippen LogP contribution in [0.5, 0.6) is 0 Å². The third kappa shape index (κ3) is 2.25. The summed E-state index contributed by atoms with van der Waals surface area (Å²) < 4.78 is 0. The van der Waals surface area contributed by atoms with Gasteiger partial charge in [0.2, 0.25) is 0 Å². The van der Waals surface area contributed by atoms with Gasteiger partial charge in [-0.25, -0.2) is 0 Å². The van der Waals surface area contributed by atoms with Gasteiger partial charge in [0.25, 0.3) is 0 Å². The van der Waals surface area contributed by atoms with Crippen LogP contribution in [0.2, 0.25) is 0 Å². The Labute approximate surface area is 129 Å². The maximum absolute atomic E-state index is 6.01. The molecule has 0 saturated carbocycles. The molecule has 2 N–H and O–H groups in total. The molecule has 2 nitrogen and oxygen atoms in total. The van der Waals surface area contributed by atoms with Crippen molar-refractivity contribution in [2.45, 2.75) is 60.9 Å². The van der Waals surface area contributed by atoms with Crippen LogP contribution < -0.4 is 5.73 Å². The molecule has 0 aromatic heterocycles. The normalized spacial score (nSPS) is 34.8. The summed E-state index contributed by atoms with van der Waals surface area (Å²) in [7, 11) is 0. The molecule has 1 saturated heterocycles. The summed E-state index contributed by atoms with van der Waals surface area (Å²) in [4.78, 5) is 0. The molecule has 2 unspecified atom stereocenters. The van der Waals surface area contributed by atoms with Crippen LogP contribution in [0.1, 0.15) is 55.4 Å². The fraction of sp³-hybridized carbons (Fsp3) is 1.00. The van der Waals surface area contributed by atoms with Crippen molar-refractivity contribution in [1.82, 2.24) is 0 Å². The van der Waals surface area contributed by atoms with Crippen molar-refractivity contribution in [3.63, 3.8) is 0 Å². The summed E-state index contributed by atoms with van der Waals surface area (Å²) in [5, 5.41) is 5.05. The van der Waals surface area contributed by atoms with E-state index in [0.29, 0.717) is 12.5 Å². The largest absolute Gasteiger partial charge is 0.656 e. The van der Waals surface area contributed by atoms with Crippen LogP contribution in [0.4, 0.5) is 0 Å². The molecule has 18 heavy (non-hydrogen) atoms. The van der Waals surface area contributed by atoms with Crippen molar-refractivity contribution in [3.05, 3.63) is 5.32 Å².